The Labute approximate surface area is 133 Å². The maximum absolute atomic E-state index is 4.65. The Morgan fingerprint density at radius 1 is 1.19 bits per heavy atom. The van der Waals surface area contributed by atoms with E-state index < -0.39 is 0 Å². The molecule has 0 saturated carbocycles. The average molecular weight is 348 g/mol. The van der Waals surface area contributed by atoms with Gasteiger partial charge < -0.3 is 10.2 Å². The smallest absolute Gasteiger partial charge is 0.230 e. The van der Waals surface area contributed by atoms with Gasteiger partial charge >= 0.3 is 0 Å². The summed E-state index contributed by atoms with van der Waals surface area (Å²) in [6.07, 6.45) is 2.41. The van der Waals surface area contributed by atoms with Gasteiger partial charge in [0.2, 0.25) is 11.9 Å². The monoisotopic (exact) mass is 347 g/mol. The normalized spacial score (nSPS) is 14.5. The fraction of sp³-hybridized carbons (Fsp3) is 0.400. The molecule has 1 saturated heterocycles. The first kappa shape index (κ1) is 14.3. The maximum atomic E-state index is 4.65. The van der Waals surface area contributed by atoms with Gasteiger partial charge in [0.25, 0.3) is 0 Å². The number of rotatable bonds is 4. The van der Waals surface area contributed by atoms with Crippen molar-refractivity contribution in [1.82, 2.24) is 15.0 Å². The standard InChI is InChI=1S/C15H18BrN5/c1-2-17-14-18-13(11-6-5-7-12(16)10-11)19-15(20-14)21-8-3-4-9-21/h5-7,10H,2-4,8-9H2,1H3,(H,17,18,19,20). The fourth-order valence-corrected chi connectivity index (χ4v) is 2.82. The van der Waals surface area contributed by atoms with E-state index in [0.717, 1.165) is 35.6 Å². The Bertz CT molecular complexity index is 625. The van der Waals surface area contributed by atoms with Crippen LogP contribution in [-0.2, 0) is 0 Å². The molecule has 0 unspecified atom stereocenters. The maximum Gasteiger partial charge on any atom is 0.230 e. The van der Waals surface area contributed by atoms with Crippen LogP contribution in [0.5, 0.6) is 0 Å². The zero-order valence-corrected chi connectivity index (χ0v) is 13.6. The second-order valence-corrected chi connectivity index (χ2v) is 5.93. The summed E-state index contributed by atoms with van der Waals surface area (Å²) in [5.41, 5.74) is 0.992. The lowest BCUT2D eigenvalue weighted by atomic mass is 10.2. The van der Waals surface area contributed by atoms with Crippen molar-refractivity contribution >= 4 is 27.8 Å². The number of nitrogens with one attached hydrogen (secondary N) is 1. The highest BCUT2D eigenvalue weighted by atomic mass is 79.9. The summed E-state index contributed by atoms with van der Waals surface area (Å²) in [6, 6.07) is 8.03. The Morgan fingerprint density at radius 2 is 2.00 bits per heavy atom. The van der Waals surface area contributed by atoms with Crippen LogP contribution < -0.4 is 10.2 Å². The summed E-state index contributed by atoms with van der Waals surface area (Å²) in [6.45, 7) is 4.88. The lowest BCUT2D eigenvalue weighted by Gasteiger charge is -2.16. The molecule has 1 fully saturated rings. The van der Waals surface area contributed by atoms with E-state index >= 15 is 0 Å². The van der Waals surface area contributed by atoms with Gasteiger partial charge in [-0.2, -0.15) is 15.0 Å². The van der Waals surface area contributed by atoms with E-state index in [1.165, 1.54) is 12.8 Å². The predicted octanol–water partition coefficient (Wildman–Crippen LogP) is 3.33. The second-order valence-electron chi connectivity index (χ2n) is 5.02. The Morgan fingerprint density at radius 3 is 2.71 bits per heavy atom. The third kappa shape index (κ3) is 3.32. The zero-order chi connectivity index (χ0) is 14.7. The van der Waals surface area contributed by atoms with Crippen molar-refractivity contribution < 1.29 is 0 Å². The van der Waals surface area contributed by atoms with E-state index in [4.69, 9.17) is 0 Å². The molecule has 2 heterocycles. The van der Waals surface area contributed by atoms with Crippen LogP contribution in [-0.4, -0.2) is 34.6 Å². The molecule has 3 rings (SSSR count). The van der Waals surface area contributed by atoms with Crippen molar-refractivity contribution in [3.8, 4) is 11.4 Å². The molecule has 2 aromatic rings. The van der Waals surface area contributed by atoms with Crippen LogP contribution in [0, 0.1) is 0 Å². The number of benzene rings is 1. The number of halogens is 1. The molecule has 1 aliphatic heterocycles. The molecule has 0 atom stereocenters. The molecule has 0 bridgehead atoms. The number of anilines is 2. The van der Waals surface area contributed by atoms with Crippen molar-refractivity contribution in [2.75, 3.05) is 29.9 Å². The topological polar surface area (TPSA) is 53.9 Å². The highest BCUT2D eigenvalue weighted by Crippen LogP contribution is 2.24. The van der Waals surface area contributed by atoms with Gasteiger partial charge in [0.15, 0.2) is 5.82 Å². The molecule has 1 aromatic carbocycles. The minimum Gasteiger partial charge on any atom is -0.354 e. The second kappa shape index (κ2) is 6.39. The summed E-state index contributed by atoms with van der Waals surface area (Å²) >= 11 is 3.50. The molecule has 1 aromatic heterocycles. The molecule has 21 heavy (non-hydrogen) atoms. The molecule has 1 aliphatic rings. The molecular weight excluding hydrogens is 330 g/mol. The fourth-order valence-electron chi connectivity index (χ4n) is 2.42. The van der Waals surface area contributed by atoms with Gasteiger partial charge in [0.1, 0.15) is 0 Å². The molecule has 5 nitrogen and oxygen atoms in total. The summed E-state index contributed by atoms with van der Waals surface area (Å²) < 4.78 is 1.02. The van der Waals surface area contributed by atoms with Crippen LogP contribution in [0.15, 0.2) is 28.7 Å². The van der Waals surface area contributed by atoms with Gasteiger partial charge in [-0.05, 0) is 31.9 Å². The molecular formula is C15H18BrN5. The van der Waals surface area contributed by atoms with E-state index in [2.05, 4.69) is 41.1 Å². The van der Waals surface area contributed by atoms with Crippen molar-refractivity contribution in [2.24, 2.45) is 0 Å². The van der Waals surface area contributed by atoms with Crippen LogP contribution in [0.1, 0.15) is 19.8 Å². The van der Waals surface area contributed by atoms with Crippen molar-refractivity contribution in [3.63, 3.8) is 0 Å². The number of nitrogens with zero attached hydrogens (tertiary/aromatic N) is 4. The summed E-state index contributed by atoms with van der Waals surface area (Å²) in [5, 5.41) is 3.20. The summed E-state index contributed by atoms with van der Waals surface area (Å²) in [5.74, 6) is 2.13. The van der Waals surface area contributed by atoms with Crippen LogP contribution in [0.25, 0.3) is 11.4 Å². The minimum atomic E-state index is 0.643. The van der Waals surface area contributed by atoms with Crippen LogP contribution in [0.2, 0.25) is 0 Å². The summed E-state index contributed by atoms with van der Waals surface area (Å²) in [7, 11) is 0. The SMILES string of the molecule is CCNc1nc(-c2cccc(Br)c2)nc(N2CCCC2)n1. The van der Waals surface area contributed by atoms with Crippen LogP contribution >= 0.6 is 15.9 Å². The molecule has 0 amide bonds. The first-order valence-electron chi connectivity index (χ1n) is 7.27. The summed E-state index contributed by atoms with van der Waals surface area (Å²) in [4.78, 5) is 15.9. The van der Waals surface area contributed by atoms with Crippen molar-refractivity contribution in [1.29, 1.82) is 0 Å². The lowest BCUT2D eigenvalue weighted by Crippen LogP contribution is -2.22. The van der Waals surface area contributed by atoms with Gasteiger partial charge in [0, 0.05) is 29.7 Å². The van der Waals surface area contributed by atoms with Gasteiger partial charge in [-0.25, -0.2) is 0 Å². The zero-order valence-electron chi connectivity index (χ0n) is 12.0. The number of hydrogen-bond donors (Lipinski definition) is 1. The molecule has 0 aliphatic carbocycles. The predicted molar refractivity (Wildman–Crippen MR) is 88.6 cm³/mol. The van der Waals surface area contributed by atoms with E-state index in [-0.39, 0.29) is 0 Å². The lowest BCUT2D eigenvalue weighted by molar-refractivity contribution is 0.881. The van der Waals surface area contributed by atoms with Crippen LogP contribution in [0.3, 0.4) is 0 Å². The van der Waals surface area contributed by atoms with Gasteiger partial charge in [0.05, 0.1) is 0 Å². The van der Waals surface area contributed by atoms with Crippen molar-refractivity contribution in [2.45, 2.75) is 19.8 Å². The van der Waals surface area contributed by atoms with Gasteiger partial charge in [-0.1, -0.05) is 28.1 Å². The first-order chi connectivity index (χ1) is 10.3. The Balaban J connectivity index is 2.02. The van der Waals surface area contributed by atoms with E-state index in [9.17, 15) is 0 Å². The van der Waals surface area contributed by atoms with Gasteiger partial charge in [-0.15, -0.1) is 0 Å². The molecule has 0 radical (unpaired) electrons. The minimum absolute atomic E-state index is 0.643. The number of hydrogen-bond acceptors (Lipinski definition) is 5. The Hall–Kier alpha value is -1.69. The van der Waals surface area contributed by atoms with Gasteiger partial charge in [-0.3, -0.25) is 0 Å². The Kier molecular flexibility index (Phi) is 4.34. The van der Waals surface area contributed by atoms with E-state index in [1.807, 2.05) is 31.2 Å². The van der Waals surface area contributed by atoms with E-state index in [1.54, 1.807) is 0 Å². The molecule has 110 valence electrons. The third-order valence-corrected chi connectivity index (χ3v) is 3.92. The van der Waals surface area contributed by atoms with Crippen molar-refractivity contribution in [3.05, 3.63) is 28.7 Å². The highest BCUT2D eigenvalue weighted by molar-refractivity contribution is 9.10. The highest BCUT2D eigenvalue weighted by Gasteiger charge is 2.17. The molecule has 6 heteroatoms. The number of aromatic nitrogens is 3. The van der Waals surface area contributed by atoms with Crippen LogP contribution in [0.4, 0.5) is 11.9 Å². The first-order valence-corrected chi connectivity index (χ1v) is 8.06. The molecule has 0 spiro atoms. The largest absolute Gasteiger partial charge is 0.354 e. The average Bonchev–Trinajstić information content (AvgIpc) is 3.01. The van der Waals surface area contributed by atoms with E-state index in [0.29, 0.717) is 11.8 Å². The molecule has 1 N–H and O–H groups in total. The quantitative estimate of drug-likeness (QED) is 0.919. The third-order valence-electron chi connectivity index (χ3n) is 3.43.